The number of amides is 1. The van der Waals surface area contributed by atoms with E-state index in [2.05, 4.69) is 67.7 Å². The van der Waals surface area contributed by atoms with Crippen LogP contribution >= 0.6 is 0 Å². The molecule has 3 aromatic carbocycles. The number of rotatable bonds is 3. The van der Waals surface area contributed by atoms with E-state index < -0.39 is 5.91 Å². The molecule has 0 saturated heterocycles. The van der Waals surface area contributed by atoms with Gasteiger partial charge in [0.25, 0.3) is 0 Å². The van der Waals surface area contributed by atoms with Gasteiger partial charge in [0.15, 0.2) is 0 Å². The molecular formula is C20H25Cl2NOSiZr. The fourth-order valence-corrected chi connectivity index (χ4v) is 2.24. The standard InChI is InChI=1S/C13H9.C5H11NO.C2H6Si.2ClH.Zr/c1-3-7-12-10(5-1)9-11-6-2-4-8-13(11)12;1-2-3-4-5(6)7;1-3-2;;;/h1-9H;2-4H2,1H3,(H2,6,7);1-2H3;2*1H;/q-1;;;;;+4/p-3. The molecule has 0 aliphatic heterocycles. The Bertz CT molecular complexity index is 683. The molecule has 0 fully saturated rings. The average molecular weight is 486 g/mol. The van der Waals surface area contributed by atoms with Crippen molar-refractivity contribution in [3.63, 3.8) is 0 Å². The average Bonchev–Trinajstić information content (AvgIpc) is 2.93. The number of hydrogen-bond donors (Lipinski definition) is 0. The second kappa shape index (κ2) is 17.9. The Morgan fingerprint density at radius 1 is 0.962 bits per heavy atom. The van der Waals surface area contributed by atoms with Crippen LogP contribution in [0.4, 0.5) is 0 Å². The first kappa shape index (κ1) is 30.2. The van der Waals surface area contributed by atoms with Crippen molar-refractivity contribution in [1.29, 1.82) is 0 Å². The first-order valence-corrected chi connectivity index (χ1v) is 10.00. The van der Waals surface area contributed by atoms with Gasteiger partial charge in [-0.05, 0) is 12.8 Å². The summed E-state index contributed by atoms with van der Waals surface area (Å²) in [4.78, 5) is 9.87. The smallest absolute Gasteiger partial charge is 1.00 e. The molecule has 0 spiro atoms. The minimum atomic E-state index is -0.443. The van der Waals surface area contributed by atoms with E-state index in [1.807, 2.05) is 6.92 Å². The van der Waals surface area contributed by atoms with E-state index in [0.29, 0.717) is 6.42 Å². The molecule has 2 radical (unpaired) electrons. The fourth-order valence-electron chi connectivity index (χ4n) is 2.24. The molecule has 0 saturated carbocycles. The maximum absolute atomic E-state index is 9.87. The minimum Gasteiger partial charge on any atom is -1.00 e. The van der Waals surface area contributed by atoms with E-state index in [0.717, 1.165) is 22.4 Å². The van der Waals surface area contributed by atoms with E-state index in [4.69, 9.17) is 5.73 Å². The number of halogens is 2. The van der Waals surface area contributed by atoms with Crippen molar-refractivity contribution < 1.29 is 55.8 Å². The van der Waals surface area contributed by atoms with E-state index >= 15 is 0 Å². The Morgan fingerprint density at radius 3 is 1.65 bits per heavy atom. The Kier molecular flexibility index (Phi) is 20.7. The Balaban J connectivity index is -0.000000358. The normalized spacial score (nSPS) is 8.58. The number of hydrogen-bond acceptors (Lipinski definition) is 1. The van der Waals surface area contributed by atoms with Gasteiger partial charge in [0.05, 0.1) is 0 Å². The molecule has 1 amide bonds. The summed E-state index contributed by atoms with van der Waals surface area (Å²) < 4.78 is 0. The zero-order chi connectivity index (χ0) is 17.1. The zero-order valence-electron chi connectivity index (χ0n) is 15.5. The van der Waals surface area contributed by atoms with Gasteiger partial charge in [-0.25, -0.2) is 0 Å². The van der Waals surface area contributed by atoms with Crippen LogP contribution in [-0.2, 0) is 31.0 Å². The van der Waals surface area contributed by atoms with Gasteiger partial charge < -0.3 is 35.3 Å². The summed E-state index contributed by atoms with van der Waals surface area (Å²) in [5, 5.41) is 5.39. The van der Waals surface area contributed by atoms with Crippen LogP contribution in [0, 0.1) is 0 Å². The molecule has 0 aromatic heterocycles. The van der Waals surface area contributed by atoms with Crippen molar-refractivity contribution in [2.24, 2.45) is 0 Å². The molecule has 0 aliphatic rings. The molecule has 138 valence electrons. The molecule has 2 nitrogen and oxygen atoms in total. The Morgan fingerprint density at radius 2 is 1.35 bits per heavy atom. The molecule has 0 heterocycles. The SMILES string of the molecule is CCCCC([NH-])=O.C[Si]C.[Cl-].[Cl-].[Zr+4].c1ccc2c(c1)[cH-]c1ccccc12. The van der Waals surface area contributed by atoms with Gasteiger partial charge in [0, 0.05) is 15.4 Å². The third-order valence-electron chi connectivity index (χ3n) is 3.28. The maximum Gasteiger partial charge on any atom is 4.00 e. The first-order valence-electron chi connectivity index (χ1n) is 8.00. The summed E-state index contributed by atoms with van der Waals surface area (Å²) >= 11 is 0. The quantitative estimate of drug-likeness (QED) is 0.388. The number of carbonyl (C=O) groups is 1. The van der Waals surface area contributed by atoms with Crippen LogP contribution in [-0.4, -0.2) is 15.4 Å². The second-order valence-electron chi connectivity index (χ2n) is 5.35. The molecule has 6 heteroatoms. The van der Waals surface area contributed by atoms with Crippen LogP contribution in [0.2, 0.25) is 13.1 Å². The van der Waals surface area contributed by atoms with Gasteiger partial charge in [0.1, 0.15) is 0 Å². The van der Waals surface area contributed by atoms with Crippen LogP contribution in [0.5, 0.6) is 0 Å². The molecule has 0 bridgehead atoms. The van der Waals surface area contributed by atoms with Crippen molar-refractivity contribution in [3.05, 3.63) is 60.3 Å². The molecule has 1 N–H and O–H groups in total. The van der Waals surface area contributed by atoms with Crippen molar-refractivity contribution in [2.45, 2.75) is 39.3 Å². The van der Waals surface area contributed by atoms with E-state index in [-0.39, 0.29) is 51.0 Å². The van der Waals surface area contributed by atoms with E-state index in [9.17, 15) is 4.79 Å². The number of unbranched alkanes of at least 4 members (excludes halogenated alkanes) is 1. The maximum atomic E-state index is 9.87. The van der Waals surface area contributed by atoms with Crippen LogP contribution in [0.15, 0.2) is 54.6 Å². The molecule has 3 aromatic rings. The number of fused-ring (bicyclic) bond motifs is 3. The third kappa shape index (κ3) is 10.6. The summed E-state index contributed by atoms with van der Waals surface area (Å²) in [6.07, 6.45) is 2.30. The van der Waals surface area contributed by atoms with Crippen LogP contribution < -0.4 is 24.8 Å². The van der Waals surface area contributed by atoms with E-state index in [1.54, 1.807) is 0 Å². The first-order chi connectivity index (χ1) is 11.1. The van der Waals surface area contributed by atoms with Crippen molar-refractivity contribution in [3.8, 4) is 0 Å². The van der Waals surface area contributed by atoms with Gasteiger partial charge in [0.2, 0.25) is 0 Å². The molecule has 0 aliphatic carbocycles. The number of nitrogens with one attached hydrogen (secondary N) is 1. The van der Waals surface area contributed by atoms with Crippen LogP contribution in [0.1, 0.15) is 26.2 Å². The van der Waals surface area contributed by atoms with Crippen molar-refractivity contribution in [2.75, 3.05) is 0 Å². The number of benzene rings is 2. The van der Waals surface area contributed by atoms with Crippen molar-refractivity contribution >= 4 is 37.0 Å². The van der Waals surface area contributed by atoms with Crippen molar-refractivity contribution in [1.82, 2.24) is 0 Å². The van der Waals surface area contributed by atoms with Gasteiger partial charge in [-0.2, -0.15) is 0 Å². The fraction of sp³-hybridized carbons (Fsp3) is 0.300. The van der Waals surface area contributed by atoms with Gasteiger partial charge in [-0.15, -0.1) is 39.7 Å². The van der Waals surface area contributed by atoms with Gasteiger partial charge in [-0.1, -0.05) is 62.8 Å². The summed E-state index contributed by atoms with van der Waals surface area (Å²) in [5.74, 6) is -0.443. The summed E-state index contributed by atoms with van der Waals surface area (Å²) in [5.41, 5.74) is 6.44. The summed E-state index contributed by atoms with van der Waals surface area (Å²) in [6, 6.07) is 19.3. The summed E-state index contributed by atoms with van der Waals surface area (Å²) in [7, 11) is 1.08. The van der Waals surface area contributed by atoms with Gasteiger partial charge >= 0.3 is 26.2 Å². The van der Waals surface area contributed by atoms with Gasteiger partial charge in [-0.3, -0.25) is 0 Å². The molecule has 0 atom stereocenters. The van der Waals surface area contributed by atoms with Crippen LogP contribution in [0.3, 0.4) is 0 Å². The Hall–Kier alpha value is -0.540. The third-order valence-corrected chi connectivity index (χ3v) is 3.28. The topological polar surface area (TPSA) is 40.9 Å². The summed E-state index contributed by atoms with van der Waals surface area (Å²) in [6.45, 7) is 6.31. The second-order valence-corrected chi connectivity index (χ2v) is 6.35. The molecular weight excluding hydrogens is 460 g/mol. The Labute approximate surface area is 191 Å². The predicted molar refractivity (Wildman–Crippen MR) is 103 cm³/mol. The monoisotopic (exact) mass is 483 g/mol. The molecule has 0 unspecified atom stereocenters. The zero-order valence-corrected chi connectivity index (χ0v) is 20.5. The molecule has 26 heavy (non-hydrogen) atoms. The predicted octanol–water partition coefficient (Wildman–Crippen LogP) is 0.260. The van der Waals surface area contributed by atoms with E-state index in [1.165, 1.54) is 21.5 Å². The van der Waals surface area contributed by atoms with Crippen LogP contribution in [0.25, 0.3) is 27.3 Å². The minimum absolute atomic E-state index is 0. The largest absolute Gasteiger partial charge is 4.00 e. The number of carbonyl (C=O) groups excluding carboxylic acids is 1. The molecule has 3 rings (SSSR count).